The molecule has 0 unspecified atom stereocenters. The average molecular weight is 922 g/mol. The Morgan fingerprint density at radius 3 is 2.29 bits per heavy atom. The zero-order valence-electron chi connectivity index (χ0n) is 41.2. The number of ketones is 3. The number of methoxy groups -OCH3 is 3. The number of nitrogens with zero attached hydrogens (tertiary/aromatic N) is 1. The number of esters is 1. The third kappa shape index (κ3) is 14.1. The molecule has 15 atom stereocenters. The lowest BCUT2D eigenvalue weighted by Gasteiger charge is -2.42. The number of terminal acetylenes is 1. The van der Waals surface area contributed by atoms with Gasteiger partial charge < -0.3 is 38.8 Å². The van der Waals surface area contributed by atoms with E-state index in [4.69, 9.17) is 30.1 Å². The summed E-state index contributed by atoms with van der Waals surface area (Å²) in [6.07, 6.45) is 18.5. The van der Waals surface area contributed by atoms with E-state index in [1.807, 2.05) is 38.2 Å². The molecule has 1 amide bonds. The summed E-state index contributed by atoms with van der Waals surface area (Å²) in [6.45, 7) is 12.9. The molecule has 13 nitrogen and oxygen atoms in total. The Kier molecular flexibility index (Phi) is 21.2. The van der Waals surface area contributed by atoms with Gasteiger partial charge >= 0.3 is 5.97 Å². The van der Waals surface area contributed by atoms with E-state index in [1.54, 1.807) is 54.1 Å². The fourth-order valence-corrected chi connectivity index (χ4v) is 10.3. The van der Waals surface area contributed by atoms with Gasteiger partial charge in [-0.05, 0) is 107 Å². The Morgan fingerprint density at radius 2 is 1.62 bits per heavy atom. The van der Waals surface area contributed by atoms with Crippen LogP contribution in [0.25, 0.3) is 0 Å². The van der Waals surface area contributed by atoms with Gasteiger partial charge in [0.15, 0.2) is 5.78 Å². The molecule has 2 bridgehead atoms. The van der Waals surface area contributed by atoms with Crippen LogP contribution in [0.5, 0.6) is 0 Å². The Morgan fingerprint density at radius 1 is 0.894 bits per heavy atom. The SMILES string of the molecule is C#C[C@@H]1/C=C/C=C/C=C(\C)[C@@H](OC)C[C@@H]2CC[C@@H](C)[C@@](O)(O2)C(=O)C(=O)N2CCCC[C@H]2C(=O)O[C@H]([C@H](C)C[C@@H]2CC[C@@H](C)[C@H](OC)C2)CC(=O)[C@H](C)/C=C(\C)[C@@H](O)[C@@H](OC)C(=O)[C@H](C)C1. The molecule has 3 aliphatic heterocycles. The summed E-state index contributed by atoms with van der Waals surface area (Å²) in [5.41, 5.74) is 1.23. The number of aliphatic hydroxyl groups excluding tert-OH is 1. The van der Waals surface area contributed by atoms with Crippen LogP contribution in [-0.2, 0) is 47.7 Å². The number of hydrogen-bond acceptors (Lipinski definition) is 12. The molecule has 4 rings (SSSR count). The van der Waals surface area contributed by atoms with Gasteiger partial charge in [-0.2, -0.15) is 0 Å². The molecule has 1 aliphatic carbocycles. The second-order valence-electron chi connectivity index (χ2n) is 19.8. The number of allylic oxidation sites excluding steroid dienone is 6. The van der Waals surface area contributed by atoms with E-state index < -0.39 is 83.7 Å². The standard InChI is InChI=1S/C53H79NO12/c1-12-39-19-15-13-14-18-32(2)45(63-10)30-41-24-22-38(8)53(61,66-41)50(58)51(59)54-25-17-16-20-42(54)52(60)65-46(35(5)27-40-23-21-33(3)44(29-40)62-9)31-43(55)34(4)26-36(6)47(56)49(64-11)48(57)37(7)28-39/h1,13-15,18-19,26,33-35,37-42,44-47,49,56,61H,16-17,20-25,27-31H2,2-11H3/b14-13+,19-15+,32-18+,36-26+/t33-,34-,35-,37-,38-,39-,40+,41+,42+,44-,45+,46+,47-,49-,53-/m1/s1. The van der Waals surface area contributed by atoms with Crippen LogP contribution in [0.1, 0.15) is 126 Å². The normalized spacial score (nSPS) is 39.8. The zero-order valence-corrected chi connectivity index (χ0v) is 41.2. The van der Waals surface area contributed by atoms with E-state index in [-0.39, 0.29) is 48.9 Å². The molecule has 4 aliphatic rings. The summed E-state index contributed by atoms with van der Waals surface area (Å²) in [4.78, 5) is 72.0. The summed E-state index contributed by atoms with van der Waals surface area (Å²) in [6, 6.07) is -1.12. The molecule has 1 saturated carbocycles. The van der Waals surface area contributed by atoms with Gasteiger partial charge in [0.2, 0.25) is 5.79 Å². The molecule has 0 aromatic heterocycles. The van der Waals surface area contributed by atoms with Crippen molar-refractivity contribution in [1.82, 2.24) is 4.90 Å². The molecule has 0 radical (unpaired) electrons. The summed E-state index contributed by atoms with van der Waals surface area (Å²) in [7, 11) is 4.65. The topological polar surface area (TPSA) is 175 Å². The summed E-state index contributed by atoms with van der Waals surface area (Å²) in [5.74, 6) is -5.13. The number of carbonyl (C=O) groups is 5. The highest BCUT2D eigenvalue weighted by molar-refractivity contribution is 6.39. The highest BCUT2D eigenvalue weighted by Crippen LogP contribution is 2.38. The first-order chi connectivity index (χ1) is 31.3. The summed E-state index contributed by atoms with van der Waals surface area (Å²) < 4.78 is 29.7. The molecule has 66 heavy (non-hydrogen) atoms. The first-order valence-electron chi connectivity index (χ1n) is 24.2. The number of cyclic esters (lactones) is 1. The van der Waals surface area contributed by atoms with E-state index in [0.717, 1.165) is 24.8 Å². The number of aliphatic hydroxyl groups is 2. The van der Waals surface area contributed by atoms with Crippen molar-refractivity contribution < 1.29 is 57.9 Å². The van der Waals surface area contributed by atoms with E-state index in [1.165, 1.54) is 12.0 Å². The molecular formula is C53H79NO12. The van der Waals surface area contributed by atoms with Crippen molar-refractivity contribution in [2.24, 2.45) is 41.4 Å². The molecular weight excluding hydrogens is 843 g/mol. The molecule has 3 heterocycles. The summed E-state index contributed by atoms with van der Waals surface area (Å²) >= 11 is 0. The van der Waals surface area contributed by atoms with E-state index in [2.05, 4.69) is 12.8 Å². The second kappa shape index (κ2) is 25.6. The van der Waals surface area contributed by atoms with Crippen LogP contribution in [-0.4, -0.2) is 121 Å². The number of ether oxygens (including phenoxy) is 5. The first kappa shape index (κ1) is 54.8. The highest BCUT2D eigenvalue weighted by atomic mass is 16.6. The van der Waals surface area contributed by atoms with E-state index >= 15 is 0 Å². The van der Waals surface area contributed by atoms with Gasteiger partial charge in [0.1, 0.15) is 30.1 Å². The molecule has 2 saturated heterocycles. The molecule has 368 valence electrons. The van der Waals surface area contributed by atoms with Crippen LogP contribution >= 0.6 is 0 Å². The minimum Gasteiger partial charge on any atom is -0.460 e. The maximum atomic E-state index is 14.4. The van der Waals surface area contributed by atoms with Gasteiger partial charge in [0, 0.05) is 64.4 Å². The molecule has 2 N–H and O–H groups in total. The van der Waals surface area contributed by atoms with E-state index in [9.17, 15) is 34.2 Å². The fourth-order valence-electron chi connectivity index (χ4n) is 10.3. The average Bonchev–Trinajstić information content (AvgIpc) is 3.30. The van der Waals surface area contributed by atoms with Crippen LogP contribution in [0.4, 0.5) is 0 Å². The zero-order chi connectivity index (χ0) is 48.9. The quantitative estimate of drug-likeness (QED) is 0.120. The van der Waals surface area contributed by atoms with Crippen LogP contribution in [0.15, 0.2) is 47.6 Å². The Labute approximate surface area is 394 Å². The van der Waals surface area contributed by atoms with Crippen LogP contribution in [0.3, 0.4) is 0 Å². The van der Waals surface area contributed by atoms with Crippen molar-refractivity contribution in [3.8, 4) is 12.3 Å². The fraction of sp³-hybridized carbons (Fsp3) is 0.717. The van der Waals surface area contributed by atoms with Gasteiger partial charge in [-0.1, -0.05) is 77.0 Å². The van der Waals surface area contributed by atoms with Crippen molar-refractivity contribution in [3.63, 3.8) is 0 Å². The lowest BCUT2D eigenvalue weighted by Crippen LogP contribution is -2.61. The number of amides is 1. The van der Waals surface area contributed by atoms with Gasteiger partial charge in [0.05, 0.1) is 18.3 Å². The lowest BCUT2D eigenvalue weighted by atomic mass is 9.76. The van der Waals surface area contributed by atoms with Crippen LogP contribution < -0.4 is 0 Å². The monoisotopic (exact) mass is 922 g/mol. The van der Waals surface area contributed by atoms with Gasteiger partial charge in [-0.15, -0.1) is 6.42 Å². The smallest absolute Gasteiger partial charge is 0.329 e. The molecule has 0 aromatic carbocycles. The second-order valence-corrected chi connectivity index (χ2v) is 19.8. The molecule has 3 fully saturated rings. The first-order valence-corrected chi connectivity index (χ1v) is 24.2. The molecule has 0 aromatic rings. The minimum atomic E-state index is -2.43. The number of piperidine rings is 1. The Bertz CT molecular complexity index is 1850. The maximum absolute atomic E-state index is 14.4. The molecule has 0 spiro atoms. The number of hydrogen-bond donors (Lipinski definition) is 2. The predicted octanol–water partition coefficient (Wildman–Crippen LogP) is 7.07. The van der Waals surface area contributed by atoms with Crippen LogP contribution in [0.2, 0.25) is 0 Å². The third-order valence-electron chi connectivity index (χ3n) is 14.8. The Hall–Kier alpha value is -3.77. The van der Waals surface area contributed by atoms with Crippen molar-refractivity contribution in [2.45, 2.75) is 174 Å². The minimum absolute atomic E-state index is 0.0925. The number of carbonyl (C=O) groups excluding carboxylic acids is 5. The van der Waals surface area contributed by atoms with Crippen molar-refractivity contribution in [3.05, 3.63) is 47.6 Å². The number of Topliss-reactive ketones (excluding diaryl/α,β-unsaturated/α-hetero) is 3. The number of rotatable bonds is 6. The highest BCUT2D eigenvalue weighted by Gasteiger charge is 2.53. The van der Waals surface area contributed by atoms with E-state index in [0.29, 0.717) is 56.4 Å². The lowest BCUT2D eigenvalue weighted by molar-refractivity contribution is -0.265. The van der Waals surface area contributed by atoms with Crippen LogP contribution in [0, 0.1) is 53.8 Å². The van der Waals surface area contributed by atoms with Crippen molar-refractivity contribution in [1.29, 1.82) is 0 Å². The maximum Gasteiger partial charge on any atom is 0.329 e. The van der Waals surface area contributed by atoms with Crippen molar-refractivity contribution in [2.75, 3.05) is 27.9 Å². The van der Waals surface area contributed by atoms with Gasteiger partial charge in [0.25, 0.3) is 11.7 Å². The predicted molar refractivity (Wildman–Crippen MR) is 251 cm³/mol. The largest absolute Gasteiger partial charge is 0.460 e. The number of fused-ring (bicyclic) bond motifs is 3. The molecule has 13 heteroatoms. The third-order valence-corrected chi connectivity index (χ3v) is 14.8. The Balaban J connectivity index is 1.72. The van der Waals surface area contributed by atoms with Gasteiger partial charge in [-0.25, -0.2) is 4.79 Å². The van der Waals surface area contributed by atoms with Crippen molar-refractivity contribution >= 4 is 29.2 Å². The summed E-state index contributed by atoms with van der Waals surface area (Å²) in [5, 5.41) is 23.4. The van der Waals surface area contributed by atoms with Gasteiger partial charge in [-0.3, -0.25) is 19.2 Å².